The van der Waals surface area contributed by atoms with Crippen molar-refractivity contribution in [3.05, 3.63) is 309 Å². The molecule has 0 nitrogen and oxygen atoms in total. The molecular formula is C63H44. The van der Waals surface area contributed by atoms with Gasteiger partial charge in [0.05, 0.1) is 10.8 Å². The van der Waals surface area contributed by atoms with Gasteiger partial charge in [-0.2, -0.15) is 0 Å². The Balaban J connectivity index is 1.06. The second kappa shape index (κ2) is 14.0. The Morgan fingerprint density at radius 2 is 0.730 bits per heavy atom. The summed E-state index contributed by atoms with van der Waals surface area (Å²) in [4.78, 5) is 0. The van der Waals surface area contributed by atoms with Crippen LogP contribution < -0.4 is 0 Å². The lowest BCUT2D eigenvalue weighted by molar-refractivity contribution is 0.763. The number of benzene rings is 9. The van der Waals surface area contributed by atoms with Gasteiger partial charge < -0.3 is 0 Å². The predicted molar refractivity (Wildman–Crippen MR) is 259 cm³/mol. The summed E-state index contributed by atoms with van der Waals surface area (Å²) in [6, 6.07) is 84.8. The van der Waals surface area contributed by atoms with Crippen molar-refractivity contribution in [2.24, 2.45) is 0 Å². The Labute approximate surface area is 370 Å². The molecule has 1 spiro atoms. The second-order valence-corrected chi connectivity index (χ2v) is 17.8. The molecule has 0 bridgehead atoms. The minimum atomic E-state index is -0.481. The first kappa shape index (κ1) is 36.1. The topological polar surface area (TPSA) is 0 Å². The van der Waals surface area contributed by atoms with Gasteiger partial charge in [-0.15, -0.1) is 0 Å². The molecule has 0 aliphatic heterocycles. The fourth-order valence-corrected chi connectivity index (χ4v) is 12.3. The normalized spacial score (nSPS) is 16.9. The minimum Gasteiger partial charge on any atom is -0.0794 e. The van der Waals surface area contributed by atoms with Gasteiger partial charge in [0.2, 0.25) is 0 Å². The van der Waals surface area contributed by atoms with Crippen molar-refractivity contribution < 1.29 is 0 Å². The monoisotopic (exact) mass is 800 g/mol. The number of fused-ring (bicyclic) bond motifs is 13. The SMILES string of the molecule is C1=CC(c2ccccc2)CC=C1C(c1ccc2c(c1)C(c1ccccc1)(c1ccccc1)c1ccccc1-2)c1ccc2c(c1)C1(c3ccccc3-c3ccccc31)c1ccccc1-2. The zero-order chi connectivity index (χ0) is 41.5. The van der Waals surface area contributed by atoms with Gasteiger partial charge in [0.15, 0.2) is 0 Å². The maximum absolute atomic E-state index is 2.60. The van der Waals surface area contributed by atoms with Crippen molar-refractivity contribution in [2.75, 3.05) is 0 Å². The van der Waals surface area contributed by atoms with Gasteiger partial charge in [-0.05, 0) is 107 Å². The highest BCUT2D eigenvalue weighted by Gasteiger charge is 2.52. The van der Waals surface area contributed by atoms with Crippen molar-refractivity contribution >= 4 is 0 Å². The molecular weight excluding hydrogens is 757 g/mol. The van der Waals surface area contributed by atoms with Crippen LogP contribution in [0.2, 0.25) is 0 Å². The van der Waals surface area contributed by atoms with E-state index in [0.29, 0.717) is 5.92 Å². The lowest BCUT2D eigenvalue weighted by Gasteiger charge is -2.35. The summed E-state index contributed by atoms with van der Waals surface area (Å²) < 4.78 is 0. The molecule has 0 amide bonds. The average molecular weight is 801 g/mol. The Bertz CT molecular complexity index is 3100. The third kappa shape index (κ3) is 5.04. The summed E-state index contributed by atoms with van der Waals surface area (Å²) in [5.41, 5.74) is 23.1. The van der Waals surface area contributed by atoms with Crippen LogP contribution in [0.1, 0.15) is 79.5 Å². The summed E-state index contributed by atoms with van der Waals surface area (Å²) in [6.45, 7) is 0. The van der Waals surface area contributed by atoms with Crippen LogP contribution >= 0.6 is 0 Å². The number of hydrogen-bond donors (Lipinski definition) is 0. The Morgan fingerprint density at radius 1 is 0.349 bits per heavy atom. The highest BCUT2D eigenvalue weighted by molar-refractivity contribution is 5.95. The largest absolute Gasteiger partial charge is 0.0794 e. The zero-order valence-corrected chi connectivity index (χ0v) is 35.0. The van der Waals surface area contributed by atoms with E-state index in [2.05, 4.69) is 243 Å². The first-order valence-corrected chi connectivity index (χ1v) is 22.5. The standard InChI is InChI=1S/C63H44/c1-4-18-42(19-5-1)43-32-34-44(35-33-43)61(45-36-38-53-51-26-10-14-28-55(51)62(59(53)40-45,47-20-6-2-7-21-47)48-22-8-3-9-23-48)46-37-39-54-52-27-13-17-31-58(52)63(60(54)41-46)56-29-15-11-24-49(56)50-25-12-16-30-57(50)63/h1-32,34-41,43,61H,33H2. The maximum Gasteiger partial charge on any atom is 0.0725 e. The van der Waals surface area contributed by atoms with E-state index in [0.717, 1.165) is 6.42 Å². The summed E-state index contributed by atoms with van der Waals surface area (Å²) >= 11 is 0. The molecule has 0 saturated heterocycles. The van der Waals surface area contributed by atoms with Crippen molar-refractivity contribution in [3.8, 4) is 33.4 Å². The Morgan fingerprint density at radius 3 is 1.17 bits per heavy atom. The molecule has 9 aromatic rings. The van der Waals surface area contributed by atoms with E-state index >= 15 is 0 Å². The van der Waals surface area contributed by atoms with E-state index < -0.39 is 10.8 Å². The average Bonchev–Trinajstić information content (AvgIpc) is 3.95. The fraction of sp³-hybridized carbons (Fsp3) is 0.0794. The molecule has 9 aromatic carbocycles. The molecule has 2 atom stereocenters. The van der Waals surface area contributed by atoms with Gasteiger partial charge in [0, 0.05) is 11.8 Å². The molecule has 0 saturated carbocycles. The van der Waals surface area contributed by atoms with Crippen molar-refractivity contribution in [3.63, 3.8) is 0 Å². The second-order valence-electron chi connectivity index (χ2n) is 17.8. The van der Waals surface area contributed by atoms with Crippen molar-refractivity contribution in [2.45, 2.75) is 29.1 Å². The van der Waals surface area contributed by atoms with E-state index in [1.54, 1.807) is 0 Å². The smallest absolute Gasteiger partial charge is 0.0725 e. The molecule has 0 heteroatoms. The highest BCUT2D eigenvalue weighted by Crippen LogP contribution is 2.63. The molecule has 0 fully saturated rings. The molecule has 0 N–H and O–H groups in total. The summed E-state index contributed by atoms with van der Waals surface area (Å²) in [7, 11) is 0. The summed E-state index contributed by atoms with van der Waals surface area (Å²) in [5.74, 6) is 0.340. The number of hydrogen-bond acceptors (Lipinski definition) is 0. The predicted octanol–water partition coefficient (Wildman–Crippen LogP) is 15.2. The lowest BCUT2D eigenvalue weighted by atomic mass is 9.67. The van der Waals surface area contributed by atoms with Crippen LogP contribution in [0.3, 0.4) is 0 Å². The molecule has 4 aliphatic rings. The first-order valence-electron chi connectivity index (χ1n) is 22.5. The van der Waals surface area contributed by atoms with Gasteiger partial charge in [0.1, 0.15) is 0 Å². The third-order valence-corrected chi connectivity index (χ3v) is 14.9. The molecule has 0 heterocycles. The molecule has 0 aromatic heterocycles. The van der Waals surface area contributed by atoms with Crippen LogP contribution in [-0.2, 0) is 10.8 Å². The van der Waals surface area contributed by atoms with Gasteiger partial charge in [-0.25, -0.2) is 0 Å². The first-order chi connectivity index (χ1) is 31.3. The molecule has 4 aliphatic carbocycles. The zero-order valence-electron chi connectivity index (χ0n) is 35.0. The van der Waals surface area contributed by atoms with E-state index in [4.69, 9.17) is 0 Å². The molecule has 63 heavy (non-hydrogen) atoms. The van der Waals surface area contributed by atoms with Crippen LogP contribution in [0.4, 0.5) is 0 Å². The van der Waals surface area contributed by atoms with Crippen LogP contribution in [0.25, 0.3) is 33.4 Å². The van der Waals surface area contributed by atoms with E-state index in [1.165, 1.54) is 100 Å². The third-order valence-electron chi connectivity index (χ3n) is 14.9. The van der Waals surface area contributed by atoms with Gasteiger partial charge in [0.25, 0.3) is 0 Å². The number of rotatable bonds is 6. The fourth-order valence-electron chi connectivity index (χ4n) is 12.3. The van der Waals surface area contributed by atoms with E-state index in [1.807, 2.05) is 0 Å². The molecule has 296 valence electrons. The Hall–Kier alpha value is -7.54. The maximum atomic E-state index is 2.60. The molecule has 2 unspecified atom stereocenters. The highest BCUT2D eigenvalue weighted by atomic mass is 14.5. The van der Waals surface area contributed by atoms with Crippen LogP contribution in [0, 0.1) is 0 Å². The van der Waals surface area contributed by atoms with E-state index in [9.17, 15) is 0 Å². The quantitative estimate of drug-likeness (QED) is 0.157. The van der Waals surface area contributed by atoms with Crippen LogP contribution in [-0.4, -0.2) is 0 Å². The van der Waals surface area contributed by atoms with Gasteiger partial charge >= 0.3 is 0 Å². The van der Waals surface area contributed by atoms with Crippen molar-refractivity contribution in [1.82, 2.24) is 0 Å². The summed E-state index contributed by atoms with van der Waals surface area (Å²) in [5, 5.41) is 0. The van der Waals surface area contributed by atoms with E-state index in [-0.39, 0.29) is 5.92 Å². The molecule has 13 rings (SSSR count). The Kier molecular flexibility index (Phi) is 8.03. The van der Waals surface area contributed by atoms with Gasteiger partial charge in [-0.3, -0.25) is 0 Å². The lowest BCUT2D eigenvalue weighted by Crippen LogP contribution is -2.28. The van der Waals surface area contributed by atoms with Crippen LogP contribution in [0.15, 0.2) is 248 Å². The minimum absolute atomic E-state index is 0.00538. The van der Waals surface area contributed by atoms with Gasteiger partial charge in [-0.1, -0.05) is 243 Å². The van der Waals surface area contributed by atoms with Crippen LogP contribution in [0.5, 0.6) is 0 Å². The number of allylic oxidation sites excluding steroid dienone is 4. The summed E-state index contributed by atoms with van der Waals surface area (Å²) in [6.07, 6.45) is 8.38. The molecule has 0 radical (unpaired) electrons. The van der Waals surface area contributed by atoms with Crippen molar-refractivity contribution in [1.29, 1.82) is 0 Å².